The molecule has 20 heavy (non-hydrogen) atoms. The first-order valence-corrected chi connectivity index (χ1v) is 7.85. The standard InChI is InChI=1S/C16H15NO2S/c1-12-6-2-3-7-13(12)16(18)17-10-11-20(19)15-9-5-4-8-14(15)17/h2-9H,10-11H2,1H3. The Bertz CT molecular complexity index is 696. The highest BCUT2D eigenvalue weighted by Gasteiger charge is 2.27. The zero-order chi connectivity index (χ0) is 14.1. The third-order valence-corrected chi connectivity index (χ3v) is 4.91. The van der Waals surface area contributed by atoms with Gasteiger partial charge in [-0.25, -0.2) is 0 Å². The summed E-state index contributed by atoms with van der Waals surface area (Å²) in [6, 6.07) is 15.0. The molecule has 1 aliphatic rings. The first-order chi connectivity index (χ1) is 9.68. The number of rotatable bonds is 1. The van der Waals surface area contributed by atoms with E-state index in [-0.39, 0.29) is 5.91 Å². The average molecular weight is 285 g/mol. The van der Waals surface area contributed by atoms with E-state index in [0.29, 0.717) is 17.9 Å². The summed E-state index contributed by atoms with van der Waals surface area (Å²) in [6.45, 7) is 2.43. The van der Waals surface area contributed by atoms with Crippen LogP contribution in [0.2, 0.25) is 0 Å². The van der Waals surface area contributed by atoms with E-state index in [4.69, 9.17) is 0 Å². The molecule has 1 heterocycles. The van der Waals surface area contributed by atoms with Crippen molar-refractivity contribution in [1.82, 2.24) is 0 Å². The zero-order valence-electron chi connectivity index (χ0n) is 11.2. The largest absolute Gasteiger partial charge is 0.306 e. The smallest absolute Gasteiger partial charge is 0.258 e. The summed E-state index contributed by atoms with van der Waals surface area (Å²) in [5.74, 6) is 0.474. The summed E-state index contributed by atoms with van der Waals surface area (Å²) in [5, 5.41) is 0. The van der Waals surface area contributed by atoms with Gasteiger partial charge in [-0.05, 0) is 30.7 Å². The maximum absolute atomic E-state index is 12.7. The van der Waals surface area contributed by atoms with Crippen molar-refractivity contribution in [3.8, 4) is 0 Å². The van der Waals surface area contributed by atoms with Crippen LogP contribution >= 0.6 is 0 Å². The summed E-state index contributed by atoms with van der Waals surface area (Å²) in [7, 11) is -1.01. The van der Waals surface area contributed by atoms with Crippen LogP contribution in [0.25, 0.3) is 0 Å². The highest BCUT2D eigenvalue weighted by atomic mass is 32.2. The van der Waals surface area contributed by atoms with Crippen LogP contribution in [0, 0.1) is 6.92 Å². The molecule has 102 valence electrons. The fourth-order valence-electron chi connectivity index (χ4n) is 2.45. The van der Waals surface area contributed by atoms with Gasteiger partial charge in [0.25, 0.3) is 5.91 Å². The van der Waals surface area contributed by atoms with Crippen LogP contribution in [0.5, 0.6) is 0 Å². The molecule has 0 N–H and O–H groups in total. The van der Waals surface area contributed by atoms with Gasteiger partial charge in [0.2, 0.25) is 0 Å². The molecule has 0 aromatic heterocycles. The zero-order valence-corrected chi connectivity index (χ0v) is 12.0. The Morgan fingerprint density at radius 1 is 1.10 bits per heavy atom. The van der Waals surface area contributed by atoms with Crippen LogP contribution in [-0.4, -0.2) is 22.4 Å². The fraction of sp³-hybridized carbons (Fsp3) is 0.188. The van der Waals surface area contributed by atoms with Crippen molar-refractivity contribution in [2.24, 2.45) is 0 Å². The lowest BCUT2D eigenvalue weighted by Gasteiger charge is -2.29. The molecule has 1 atom stereocenters. The summed E-state index contributed by atoms with van der Waals surface area (Å²) in [6.07, 6.45) is 0. The van der Waals surface area contributed by atoms with Crippen molar-refractivity contribution in [2.45, 2.75) is 11.8 Å². The van der Waals surface area contributed by atoms with Gasteiger partial charge in [0.1, 0.15) is 0 Å². The highest BCUT2D eigenvalue weighted by molar-refractivity contribution is 7.85. The number of carbonyl (C=O) groups excluding carboxylic acids is 1. The number of para-hydroxylation sites is 1. The molecule has 0 bridgehead atoms. The number of anilines is 1. The number of nitrogens with zero attached hydrogens (tertiary/aromatic N) is 1. The van der Waals surface area contributed by atoms with Crippen LogP contribution in [-0.2, 0) is 10.8 Å². The predicted octanol–water partition coefficient (Wildman–Crippen LogP) is 2.76. The molecule has 3 rings (SSSR count). The second-order valence-electron chi connectivity index (χ2n) is 4.79. The minimum atomic E-state index is -1.01. The fourth-order valence-corrected chi connectivity index (χ4v) is 3.66. The number of hydrogen-bond donors (Lipinski definition) is 0. The molecule has 3 nitrogen and oxygen atoms in total. The van der Waals surface area contributed by atoms with E-state index < -0.39 is 10.8 Å². The van der Waals surface area contributed by atoms with E-state index in [1.807, 2.05) is 55.5 Å². The van der Waals surface area contributed by atoms with Crippen molar-refractivity contribution in [3.63, 3.8) is 0 Å². The molecule has 0 spiro atoms. The van der Waals surface area contributed by atoms with Crippen molar-refractivity contribution >= 4 is 22.4 Å². The first kappa shape index (κ1) is 13.1. The molecule has 2 aromatic rings. The number of amides is 1. The average Bonchev–Trinajstić information content (AvgIpc) is 2.48. The molecular weight excluding hydrogens is 270 g/mol. The van der Waals surface area contributed by atoms with E-state index in [9.17, 15) is 9.00 Å². The van der Waals surface area contributed by atoms with Gasteiger partial charge in [-0.1, -0.05) is 30.3 Å². The van der Waals surface area contributed by atoms with Gasteiger partial charge in [-0.3, -0.25) is 9.00 Å². The van der Waals surface area contributed by atoms with Crippen LogP contribution in [0.15, 0.2) is 53.4 Å². The second kappa shape index (κ2) is 5.21. The molecule has 0 fully saturated rings. The van der Waals surface area contributed by atoms with Gasteiger partial charge < -0.3 is 4.90 Å². The maximum Gasteiger partial charge on any atom is 0.258 e. The Balaban J connectivity index is 2.04. The molecule has 1 aliphatic heterocycles. The Morgan fingerprint density at radius 2 is 1.80 bits per heavy atom. The Morgan fingerprint density at radius 3 is 2.60 bits per heavy atom. The second-order valence-corrected chi connectivity index (χ2v) is 6.33. The summed E-state index contributed by atoms with van der Waals surface area (Å²) < 4.78 is 12.0. The molecule has 1 amide bonds. The lowest BCUT2D eigenvalue weighted by Crippen LogP contribution is -2.38. The minimum absolute atomic E-state index is 0.0211. The number of fused-ring (bicyclic) bond motifs is 1. The Hall–Kier alpha value is -1.94. The summed E-state index contributed by atoms with van der Waals surface area (Å²) >= 11 is 0. The van der Waals surface area contributed by atoms with E-state index in [1.165, 1.54) is 0 Å². The van der Waals surface area contributed by atoms with Crippen LogP contribution in [0.3, 0.4) is 0 Å². The minimum Gasteiger partial charge on any atom is -0.306 e. The Labute approximate surface area is 120 Å². The van der Waals surface area contributed by atoms with E-state index in [2.05, 4.69) is 0 Å². The van der Waals surface area contributed by atoms with E-state index in [1.54, 1.807) is 4.90 Å². The third-order valence-electron chi connectivity index (χ3n) is 3.52. The highest BCUT2D eigenvalue weighted by Crippen LogP contribution is 2.29. The predicted molar refractivity (Wildman–Crippen MR) is 80.6 cm³/mol. The van der Waals surface area contributed by atoms with Crippen LogP contribution in [0.4, 0.5) is 5.69 Å². The van der Waals surface area contributed by atoms with Crippen molar-refractivity contribution < 1.29 is 9.00 Å². The molecular formula is C16H15NO2S. The van der Waals surface area contributed by atoms with Gasteiger partial charge in [0, 0.05) is 17.9 Å². The molecule has 0 radical (unpaired) electrons. The lowest BCUT2D eigenvalue weighted by atomic mass is 10.1. The Kier molecular flexibility index (Phi) is 3.40. The molecule has 2 aromatic carbocycles. The van der Waals surface area contributed by atoms with Gasteiger partial charge in [-0.2, -0.15) is 0 Å². The van der Waals surface area contributed by atoms with Crippen molar-refractivity contribution in [3.05, 3.63) is 59.7 Å². The number of carbonyl (C=O) groups is 1. The summed E-state index contributed by atoms with van der Waals surface area (Å²) in [4.78, 5) is 15.2. The van der Waals surface area contributed by atoms with Crippen LogP contribution < -0.4 is 4.90 Å². The first-order valence-electron chi connectivity index (χ1n) is 6.53. The van der Waals surface area contributed by atoms with Gasteiger partial charge in [-0.15, -0.1) is 0 Å². The van der Waals surface area contributed by atoms with Gasteiger partial charge in [0.05, 0.1) is 21.4 Å². The van der Waals surface area contributed by atoms with Gasteiger partial charge >= 0.3 is 0 Å². The third kappa shape index (κ3) is 2.16. The quantitative estimate of drug-likeness (QED) is 0.808. The molecule has 0 saturated carbocycles. The molecule has 0 aliphatic carbocycles. The van der Waals surface area contributed by atoms with Crippen molar-refractivity contribution in [1.29, 1.82) is 0 Å². The number of aryl methyl sites for hydroxylation is 1. The van der Waals surface area contributed by atoms with Crippen molar-refractivity contribution in [2.75, 3.05) is 17.2 Å². The number of hydrogen-bond acceptors (Lipinski definition) is 2. The van der Waals surface area contributed by atoms with Gasteiger partial charge in [0.15, 0.2) is 0 Å². The maximum atomic E-state index is 12.7. The summed E-state index contributed by atoms with van der Waals surface area (Å²) in [5.41, 5.74) is 2.43. The molecule has 0 saturated heterocycles. The molecule has 4 heteroatoms. The van der Waals surface area contributed by atoms with Crippen LogP contribution in [0.1, 0.15) is 15.9 Å². The normalized spacial score (nSPS) is 17.6. The SMILES string of the molecule is Cc1ccccc1C(=O)N1CCS(=O)c2ccccc21. The number of benzene rings is 2. The topological polar surface area (TPSA) is 37.4 Å². The monoisotopic (exact) mass is 285 g/mol. The molecule has 1 unspecified atom stereocenters. The van der Waals surface area contributed by atoms with E-state index in [0.717, 1.165) is 16.1 Å². The van der Waals surface area contributed by atoms with E-state index >= 15 is 0 Å². The lowest BCUT2D eigenvalue weighted by molar-refractivity contribution is 0.0987.